The molecule has 0 radical (unpaired) electrons. The number of phenols is 1. The lowest BCUT2D eigenvalue weighted by Crippen LogP contribution is -2.14. The first kappa shape index (κ1) is 12.5. The molecule has 1 aromatic rings. The van der Waals surface area contributed by atoms with Gasteiger partial charge in [-0.3, -0.25) is 4.79 Å². The zero-order chi connectivity index (χ0) is 11.6. The standard InChI is InChI=1S/C9H9Br2NO3/c10-5-1-4(2-6(11)9(5)15)7(12)3-8(13)14/h1-2,7,15H,3,12H2,(H,13,14)/t7-/m1/s1. The lowest BCUT2D eigenvalue weighted by Gasteiger charge is -2.11. The number of phenolic OH excluding ortho intramolecular Hbond substituents is 1. The highest BCUT2D eigenvalue weighted by molar-refractivity contribution is 9.11. The molecule has 0 amide bonds. The second-order valence-electron chi connectivity index (χ2n) is 3.04. The van der Waals surface area contributed by atoms with Crippen molar-refractivity contribution in [1.29, 1.82) is 0 Å². The summed E-state index contributed by atoms with van der Waals surface area (Å²) >= 11 is 6.30. The van der Waals surface area contributed by atoms with Gasteiger partial charge in [-0.25, -0.2) is 0 Å². The van der Waals surface area contributed by atoms with E-state index in [-0.39, 0.29) is 12.2 Å². The fourth-order valence-electron chi connectivity index (χ4n) is 1.11. The number of hydrogen-bond donors (Lipinski definition) is 3. The van der Waals surface area contributed by atoms with E-state index in [4.69, 9.17) is 10.8 Å². The van der Waals surface area contributed by atoms with Crippen LogP contribution in [0.3, 0.4) is 0 Å². The van der Waals surface area contributed by atoms with Crippen molar-refractivity contribution in [3.05, 3.63) is 26.6 Å². The molecule has 0 saturated carbocycles. The summed E-state index contributed by atoms with van der Waals surface area (Å²) in [6, 6.07) is 2.62. The van der Waals surface area contributed by atoms with Crippen LogP contribution in [-0.4, -0.2) is 16.2 Å². The van der Waals surface area contributed by atoms with Crippen molar-refractivity contribution < 1.29 is 15.0 Å². The van der Waals surface area contributed by atoms with E-state index in [1.807, 2.05) is 0 Å². The highest BCUT2D eigenvalue weighted by Gasteiger charge is 2.14. The van der Waals surface area contributed by atoms with Gasteiger partial charge in [0.2, 0.25) is 0 Å². The van der Waals surface area contributed by atoms with Gasteiger partial charge in [-0.05, 0) is 49.6 Å². The quantitative estimate of drug-likeness (QED) is 0.790. The molecule has 0 saturated heterocycles. The second kappa shape index (κ2) is 4.96. The smallest absolute Gasteiger partial charge is 0.305 e. The zero-order valence-electron chi connectivity index (χ0n) is 7.58. The number of aromatic hydroxyl groups is 1. The van der Waals surface area contributed by atoms with Gasteiger partial charge in [-0.2, -0.15) is 0 Å². The third-order valence-corrected chi connectivity index (χ3v) is 3.07. The van der Waals surface area contributed by atoms with Gasteiger partial charge in [0.25, 0.3) is 0 Å². The lowest BCUT2D eigenvalue weighted by molar-refractivity contribution is -0.137. The molecule has 1 aromatic carbocycles. The van der Waals surface area contributed by atoms with E-state index in [1.165, 1.54) is 0 Å². The van der Waals surface area contributed by atoms with Gasteiger partial charge in [0.05, 0.1) is 15.4 Å². The van der Waals surface area contributed by atoms with E-state index in [0.717, 1.165) is 0 Å². The van der Waals surface area contributed by atoms with E-state index in [0.29, 0.717) is 14.5 Å². The maximum atomic E-state index is 10.5. The number of halogens is 2. The number of nitrogens with two attached hydrogens (primary N) is 1. The third-order valence-electron chi connectivity index (χ3n) is 1.86. The molecule has 0 unspecified atom stereocenters. The van der Waals surface area contributed by atoms with Gasteiger partial charge in [-0.1, -0.05) is 0 Å². The molecule has 6 heteroatoms. The lowest BCUT2D eigenvalue weighted by atomic mass is 10.0. The topological polar surface area (TPSA) is 83.6 Å². The minimum atomic E-state index is -0.956. The summed E-state index contributed by atoms with van der Waals surface area (Å²) in [6.07, 6.45) is -0.149. The van der Waals surface area contributed by atoms with Gasteiger partial charge in [0.1, 0.15) is 5.75 Å². The number of aliphatic carboxylic acids is 1. The summed E-state index contributed by atoms with van der Waals surface area (Å²) in [5.74, 6) is -0.885. The molecule has 4 N–H and O–H groups in total. The van der Waals surface area contributed by atoms with Crippen LogP contribution in [0, 0.1) is 0 Å². The van der Waals surface area contributed by atoms with Crippen LogP contribution in [0.4, 0.5) is 0 Å². The number of carboxylic acids is 1. The molecule has 0 spiro atoms. The van der Waals surface area contributed by atoms with Crippen LogP contribution in [-0.2, 0) is 4.79 Å². The van der Waals surface area contributed by atoms with Crippen LogP contribution < -0.4 is 5.73 Å². The highest BCUT2D eigenvalue weighted by atomic mass is 79.9. The van der Waals surface area contributed by atoms with Gasteiger partial charge in [0, 0.05) is 6.04 Å². The van der Waals surface area contributed by atoms with Crippen molar-refractivity contribution in [2.45, 2.75) is 12.5 Å². The van der Waals surface area contributed by atoms with E-state index in [9.17, 15) is 9.90 Å². The van der Waals surface area contributed by atoms with E-state index in [1.54, 1.807) is 12.1 Å². The SMILES string of the molecule is N[C@H](CC(=O)O)c1cc(Br)c(O)c(Br)c1. The Morgan fingerprint density at radius 2 is 1.87 bits per heavy atom. The Kier molecular flexibility index (Phi) is 4.12. The Bertz CT molecular complexity index is 372. The molecular formula is C9H9Br2NO3. The summed E-state index contributed by atoms with van der Waals surface area (Å²) < 4.78 is 0.959. The van der Waals surface area contributed by atoms with Gasteiger partial charge in [-0.15, -0.1) is 0 Å². The summed E-state index contributed by atoms with van der Waals surface area (Å²) in [5.41, 5.74) is 6.33. The van der Waals surface area contributed by atoms with Crippen LogP contribution in [0.15, 0.2) is 21.1 Å². The first-order valence-corrected chi connectivity index (χ1v) is 5.65. The number of hydrogen-bond acceptors (Lipinski definition) is 3. The van der Waals surface area contributed by atoms with Gasteiger partial charge < -0.3 is 15.9 Å². The molecule has 1 rings (SSSR count). The Labute approximate surface area is 103 Å². The molecule has 4 nitrogen and oxygen atoms in total. The Morgan fingerprint density at radius 3 is 2.27 bits per heavy atom. The van der Waals surface area contributed by atoms with Crippen LogP contribution in [0.2, 0.25) is 0 Å². The monoisotopic (exact) mass is 337 g/mol. The average molecular weight is 339 g/mol. The maximum absolute atomic E-state index is 10.5. The fraction of sp³-hybridized carbons (Fsp3) is 0.222. The molecule has 0 heterocycles. The second-order valence-corrected chi connectivity index (χ2v) is 4.75. The summed E-state index contributed by atoms with van der Waals surface area (Å²) in [6.45, 7) is 0. The molecule has 0 aliphatic carbocycles. The van der Waals surface area contributed by atoms with Crippen molar-refractivity contribution in [2.75, 3.05) is 0 Å². The van der Waals surface area contributed by atoms with Crippen molar-refractivity contribution in [3.63, 3.8) is 0 Å². The molecule has 0 fully saturated rings. The predicted octanol–water partition coefficient (Wildman–Crippen LogP) is 2.39. The first-order valence-electron chi connectivity index (χ1n) is 4.07. The van der Waals surface area contributed by atoms with Crippen molar-refractivity contribution in [2.24, 2.45) is 5.73 Å². The maximum Gasteiger partial charge on any atom is 0.305 e. The van der Waals surface area contributed by atoms with E-state index >= 15 is 0 Å². The molecule has 82 valence electrons. The Morgan fingerprint density at radius 1 is 1.40 bits per heavy atom. The minimum Gasteiger partial charge on any atom is -0.506 e. The number of benzene rings is 1. The Hall–Kier alpha value is -0.590. The molecule has 15 heavy (non-hydrogen) atoms. The number of carbonyl (C=O) groups is 1. The molecule has 0 aromatic heterocycles. The van der Waals surface area contributed by atoms with Crippen LogP contribution in [0.1, 0.15) is 18.0 Å². The minimum absolute atomic E-state index is 0.0706. The fourth-order valence-corrected chi connectivity index (χ4v) is 2.33. The van der Waals surface area contributed by atoms with Crippen molar-refractivity contribution >= 4 is 37.8 Å². The molecule has 1 atom stereocenters. The van der Waals surface area contributed by atoms with Crippen LogP contribution in [0.25, 0.3) is 0 Å². The predicted molar refractivity (Wildman–Crippen MR) is 62.7 cm³/mol. The highest BCUT2D eigenvalue weighted by Crippen LogP contribution is 2.35. The average Bonchev–Trinajstić information content (AvgIpc) is 2.12. The summed E-state index contributed by atoms with van der Waals surface area (Å²) in [5, 5.41) is 18.0. The molecule has 0 aliphatic heterocycles. The van der Waals surface area contributed by atoms with E-state index in [2.05, 4.69) is 31.9 Å². The van der Waals surface area contributed by atoms with Crippen molar-refractivity contribution in [3.8, 4) is 5.75 Å². The van der Waals surface area contributed by atoms with Crippen LogP contribution in [0.5, 0.6) is 5.75 Å². The molecule has 0 aliphatic rings. The first-order chi connectivity index (χ1) is 6.91. The van der Waals surface area contributed by atoms with Gasteiger partial charge in [0.15, 0.2) is 0 Å². The molecule has 0 bridgehead atoms. The van der Waals surface area contributed by atoms with Gasteiger partial charge >= 0.3 is 5.97 Å². The number of rotatable bonds is 3. The summed E-state index contributed by atoms with van der Waals surface area (Å²) in [4.78, 5) is 10.5. The van der Waals surface area contributed by atoms with Crippen molar-refractivity contribution in [1.82, 2.24) is 0 Å². The van der Waals surface area contributed by atoms with E-state index < -0.39 is 12.0 Å². The largest absolute Gasteiger partial charge is 0.506 e. The Balaban J connectivity index is 3.00. The number of carboxylic acid groups (broad SMARTS) is 1. The molecular weight excluding hydrogens is 330 g/mol. The zero-order valence-corrected chi connectivity index (χ0v) is 10.7. The normalized spacial score (nSPS) is 12.5. The third kappa shape index (κ3) is 3.19. The van der Waals surface area contributed by atoms with Crippen LogP contribution >= 0.6 is 31.9 Å². The summed E-state index contributed by atoms with van der Waals surface area (Å²) in [7, 11) is 0.